The van der Waals surface area contributed by atoms with Crippen molar-refractivity contribution >= 4 is 35.7 Å². The van der Waals surface area contributed by atoms with Crippen molar-refractivity contribution in [3.8, 4) is 0 Å². The van der Waals surface area contributed by atoms with Crippen molar-refractivity contribution in [1.82, 2.24) is 44.9 Å². The highest BCUT2D eigenvalue weighted by Gasteiger charge is 2.31. The molecule has 0 aliphatic carbocycles. The van der Waals surface area contributed by atoms with Gasteiger partial charge in [-0.15, -0.1) is 0 Å². The summed E-state index contributed by atoms with van der Waals surface area (Å²) in [5.41, 5.74) is 32.7. The number of ether oxygens (including phenoxy) is 3. The second-order valence-electron chi connectivity index (χ2n) is 8.47. The van der Waals surface area contributed by atoms with Crippen LogP contribution >= 0.6 is 0 Å². The first kappa shape index (κ1) is 29.2. The summed E-state index contributed by atoms with van der Waals surface area (Å²) >= 11 is 0. The SMILES string of the molecule is Nc1nc(N)nc(CCOCC(CO)(COCCc2nc(N)nc(N)n2)COCCc2nc(N)nc(N)n2)n1. The number of nitrogen functional groups attached to an aromatic ring is 6. The molecule has 3 aromatic rings. The molecule has 0 aliphatic heterocycles. The molecule has 0 aliphatic rings. The number of hydrogen-bond donors (Lipinski definition) is 7. The maximum Gasteiger partial charge on any atom is 0.225 e. The maximum absolute atomic E-state index is 10.3. The lowest BCUT2D eigenvalue weighted by molar-refractivity contribution is -0.0920. The third-order valence-corrected chi connectivity index (χ3v) is 5.12. The summed E-state index contributed by atoms with van der Waals surface area (Å²) in [6.45, 7) is 0.646. The summed E-state index contributed by atoms with van der Waals surface area (Å²) in [6, 6.07) is 0. The molecule has 3 heterocycles. The average Bonchev–Trinajstić information content (AvgIpc) is 2.85. The van der Waals surface area contributed by atoms with Crippen molar-refractivity contribution in [3.05, 3.63) is 17.5 Å². The van der Waals surface area contributed by atoms with Gasteiger partial charge in [-0.25, -0.2) is 0 Å². The van der Waals surface area contributed by atoms with E-state index in [1.807, 2.05) is 0 Å². The minimum Gasteiger partial charge on any atom is -0.396 e. The van der Waals surface area contributed by atoms with Crippen LogP contribution in [0.25, 0.3) is 0 Å². The highest BCUT2D eigenvalue weighted by Crippen LogP contribution is 2.20. The molecule has 212 valence electrons. The van der Waals surface area contributed by atoms with E-state index in [1.165, 1.54) is 0 Å². The Bertz CT molecular complexity index is 1010. The van der Waals surface area contributed by atoms with Crippen molar-refractivity contribution in [3.63, 3.8) is 0 Å². The number of aliphatic hydroxyl groups is 1. The maximum atomic E-state index is 10.3. The van der Waals surface area contributed by atoms with E-state index in [0.29, 0.717) is 36.7 Å². The Hall–Kier alpha value is -4.33. The second-order valence-corrected chi connectivity index (χ2v) is 8.47. The molecule has 0 radical (unpaired) electrons. The number of anilines is 6. The summed E-state index contributed by atoms with van der Waals surface area (Å²) in [6.07, 6.45) is 0.972. The minimum atomic E-state index is -0.911. The summed E-state index contributed by atoms with van der Waals surface area (Å²) in [7, 11) is 0. The van der Waals surface area contributed by atoms with E-state index in [2.05, 4.69) is 44.9 Å². The molecule has 3 rings (SSSR count). The molecule has 0 bridgehead atoms. The van der Waals surface area contributed by atoms with Crippen LogP contribution in [0.2, 0.25) is 0 Å². The molecule has 0 aromatic carbocycles. The fraction of sp³-hybridized carbons (Fsp3) is 0.550. The van der Waals surface area contributed by atoms with Crippen LogP contribution in [-0.2, 0) is 33.5 Å². The number of aliphatic hydroxyl groups excluding tert-OH is 1. The van der Waals surface area contributed by atoms with E-state index >= 15 is 0 Å². The van der Waals surface area contributed by atoms with Gasteiger partial charge < -0.3 is 53.7 Å². The van der Waals surface area contributed by atoms with Gasteiger partial charge in [0.2, 0.25) is 35.7 Å². The fourth-order valence-corrected chi connectivity index (χ4v) is 3.32. The van der Waals surface area contributed by atoms with Gasteiger partial charge in [0.1, 0.15) is 17.5 Å². The highest BCUT2D eigenvalue weighted by atomic mass is 16.5. The average molecular weight is 548 g/mol. The minimum absolute atomic E-state index is 0.0207. The quantitative estimate of drug-likeness (QED) is 0.0867. The molecule has 0 atom stereocenters. The predicted molar refractivity (Wildman–Crippen MR) is 139 cm³/mol. The summed E-state index contributed by atoms with van der Waals surface area (Å²) in [5.74, 6) is 1.27. The zero-order chi connectivity index (χ0) is 28.3. The van der Waals surface area contributed by atoms with E-state index in [0.717, 1.165) is 0 Å². The van der Waals surface area contributed by atoms with Crippen LogP contribution in [0.4, 0.5) is 35.7 Å². The third kappa shape index (κ3) is 9.81. The van der Waals surface area contributed by atoms with E-state index < -0.39 is 5.41 Å². The highest BCUT2D eigenvalue weighted by molar-refractivity contribution is 5.27. The van der Waals surface area contributed by atoms with Gasteiger partial charge in [0.15, 0.2) is 0 Å². The molecule has 0 saturated heterocycles. The first-order valence-corrected chi connectivity index (χ1v) is 11.8. The van der Waals surface area contributed by atoms with E-state index in [9.17, 15) is 5.11 Å². The third-order valence-electron chi connectivity index (χ3n) is 5.12. The molecular formula is C20H33N15O4. The normalized spacial score (nSPS) is 11.6. The van der Waals surface area contributed by atoms with Gasteiger partial charge in [-0.3, -0.25) is 0 Å². The first-order chi connectivity index (χ1) is 18.7. The van der Waals surface area contributed by atoms with Gasteiger partial charge in [0.05, 0.1) is 51.7 Å². The zero-order valence-corrected chi connectivity index (χ0v) is 21.2. The number of nitrogens with two attached hydrogens (primary N) is 6. The number of rotatable bonds is 16. The molecular weight excluding hydrogens is 514 g/mol. The van der Waals surface area contributed by atoms with Crippen molar-refractivity contribution in [2.45, 2.75) is 19.3 Å². The van der Waals surface area contributed by atoms with Crippen molar-refractivity contribution in [2.75, 3.05) is 80.7 Å². The van der Waals surface area contributed by atoms with Gasteiger partial charge in [0, 0.05) is 19.3 Å². The lowest BCUT2D eigenvalue weighted by Gasteiger charge is -2.31. The second kappa shape index (κ2) is 14.0. The molecule has 0 saturated carbocycles. The summed E-state index contributed by atoms with van der Waals surface area (Å²) < 4.78 is 17.5. The van der Waals surface area contributed by atoms with Crippen LogP contribution < -0.4 is 34.4 Å². The fourth-order valence-electron chi connectivity index (χ4n) is 3.32. The molecule has 3 aromatic heterocycles. The Kier molecular flexibility index (Phi) is 10.5. The molecule has 0 fully saturated rings. The Balaban J connectivity index is 1.56. The lowest BCUT2D eigenvalue weighted by Crippen LogP contribution is -2.41. The lowest BCUT2D eigenvalue weighted by atomic mass is 9.92. The number of aromatic nitrogens is 9. The molecule has 19 heteroatoms. The molecule has 13 N–H and O–H groups in total. The standard InChI is InChI=1S/C20H33N15O4/c21-14-27-11(28-15(22)33-14)1-4-37-8-20(7-36,9-38-5-2-12-29-16(23)34-17(24)30-12)10-39-6-3-13-31-18(25)35-19(26)32-13/h36H,1-10H2,(H4,21,22,27,28,33)(H4,23,24,29,30,34)(H4,25,26,31,32,35). The smallest absolute Gasteiger partial charge is 0.225 e. The largest absolute Gasteiger partial charge is 0.396 e. The first-order valence-electron chi connectivity index (χ1n) is 11.8. The van der Waals surface area contributed by atoms with Crippen LogP contribution in [0.5, 0.6) is 0 Å². The molecule has 0 amide bonds. The van der Waals surface area contributed by atoms with Gasteiger partial charge >= 0.3 is 0 Å². The van der Waals surface area contributed by atoms with E-state index in [1.54, 1.807) is 0 Å². The van der Waals surface area contributed by atoms with Gasteiger partial charge in [-0.2, -0.15) is 44.9 Å². The van der Waals surface area contributed by atoms with Crippen LogP contribution in [0.3, 0.4) is 0 Å². The Morgan fingerprint density at radius 1 is 0.462 bits per heavy atom. The Morgan fingerprint density at radius 3 is 0.949 bits per heavy atom. The predicted octanol–water partition coefficient (Wildman–Crippen LogP) is -3.21. The van der Waals surface area contributed by atoms with Crippen LogP contribution in [-0.4, -0.2) is 96.2 Å². The molecule has 19 nitrogen and oxygen atoms in total. The van der Waals surface area contributed by atoms with Gasteiger partial charge in [-0.1, -0.05) is 0 Å². The Morgan fingerprint density at radius 2 is 0.718 bits per heavy atom. The molecule has 0 spiro atoms. The summed E-state index contributed by atoms with van der Waals surface area (Å²) in [4.78, 5) is 35.3. The zero-order valence-electron chi connectivity index (χ0n) is 21.2. The molecule has 39 heavy (non-hydrogen) atoms. The van der Waals surface area contributed by atoms with Crippen LogP contribution in [0, 0.1) is 5.41 Å². The Labute approximate surface area is 223 Å². The van der Waals surface area contributed by atoms with Crippen molar-refractivity contribution in [2.24, 2.45) is 5.41 Å². The van der Waals surface area contributed by atoms with E-state index in [-0.39, 0.29) is 81.9 Å². The molecule has 0 unspecified atom stereocenters. The topological polar surface area (TPSA) is 320 Å². The van der Waals surface area contributed by atoms with Gasteiger partial charge in [0.25, 0.3) is 0 Å². The monoisotopic (exact) mass is 547 g/mol. The van der Waals surface area contributed by atoms with Crippen LogP contribution in [0.15, 0.2) is 0 Å². The van der Waals surface area contributed by atoms with Crippen molar-refractivity contribution in [1.29, 1.82) is 0 Å². The van der Waals surface area contributed by atoms with Crippen LogP contribution in [0.1, 0.15) is 17.5 Å². The summed E-state index contributed by atoms with van der Waals surface area (Å²) in [5, 5.41) is 10.3. The van der Waals surface area contributed by atoms with E-state index in [4.69, 9.17) is 48.6 Å². The van der Waals surface area contributed by atoms with Crippen molar-refractivity contribution < 1.29 is 19.3 Å². The number of hydrogen-bond acceptors (Lipinski definition) is 19. The number of nitrogens with zero attached hydrogens (tertiary/aromatic N) is 9. The van der Waals surface area contributed by atoms with Gasteiger partial charge in [-0.05, 0) is 0 Å².